The summed E-state index contributed by atoms with van der Waals surface area (Å²) in [7, 11) is -3.23. The zero-order valence-electron chi connectivity index (χ0n) is 14.4. The summed E-state index contributed by atoms with van der Waals surface area (Å²) in [5.41, 5.74) is 0. The number of fused-ring (bicyclic) bond motifs is 1. The summed E-state index contributed by atoms with van der Waals surface area (Å²) in [5, 5.41) is 4.97. The van der Waals surface area contributed by atoms with Crippen molar-refractivity contribution in [2.45, 2.75) is 18.9 Å². The van der Waals surface area contributed by atoms with Gasteiger partial charge in [-0.1, -0.05) is 28.1 Å². The summed E-state index contributed by atoms with van der Waals surface area (Å²) < 4.78 is 31.3. The maximum absolute atomic E-state index is 12.1. The minimum Gasteiger partial charge on any atom is -0.484 e. The molecule has 1 saturated heterocycles. The van der Waals surface area contributed by atoms with E-state index in [1.807, 2.05) is 36.4 Å². The van der Waals surface area contributed by atoms with Crippen molar-refractivity contribution in [3.05, 3.63) is 40.9 Å². The third-order valence-electron chi connectivity index (χ3n) is 4.36. The van der Waals surface area contributed by atoms with Gasteiger partial charge in [0.05, 0.1) is 6.26 Å². The highest BCUT2D eigenvalue weighted by Crippen LogP contribution is 2.24. The van der Waals surface area contributed by atoms with E-state index in [0.29, 0.717) is 18.8 Å². The number of rotatable bonds is 5. The smallest absolute Gasteiger partial charge is 0.258 e. The average Bonchev–Trinajstić information content (AvgIpc) is 2.59. The van der Waals surface area contributed by atoms with E-state index in [0.717, 1.165) is 28.1 Å². The number of halogens is 1. The zero-order chi connectivity index (χ0) is 18.7. The fraction of sp³-hybridized carbons (Fsp3) is 0.389. The van der Waals surface area contributed by atoms with Crippen LogP contribution in [0.25, 0.3) is 10.8 Å². The third-order valence-corrected chi connectivity index (χ3v) is 6.12. The minimum atomic E-state index is -3.23. The molecule has 140 valence electrons. The summed E-state index contributed by atoms with van der Waals surface area (Å²) >= 11 is 3.44. The molecule has 2 aromatic rings. The first kappa shape index (κ1) is 19.1. The molecular formula is C18H21BrN2O4S. The average molecular weight is 441 g/mol. The Labute approximate surface area is 161 Å². The second kappa shape index (κ2) is 7.94. The number of amides is 1. The summed E-state index contributed by atoms with van der Waals surface area (Å²) in [6.45, 7) is 0.724. The molecule has 1 heterocycles. The summed E-state index contributed by atoms with van der Waals surface area (Å²) in [5.74, 6) is 0.373. The Morgan fingerprint density at radius 2 is 2.00 bits per heavy atom. The summed E-state index contributed by atoms with van der Waals surface area (Å²) in [6.07, 6.45) is 2.69. The predicted octanol–water partition coefficient (Wildman–Crippen LogP) is 2.52. The van der Waals surface area contributed by atoms with Crippen LogP contribution < -0.4 is 10.1 Å². The van der Waals surface area contributed by atoms with Gasteiger partial charge in [-0.25, -0.2) is 12.7 Å². The molecule has 0 spiro atoms. The highest BCUT2D eigenvalue weighted by Gasteiger charge is 2.26. The van der Waals surface area contributed by atoms with Crippen molar-refractivity contribution < 1.29 is 17.9 Å². The van der Waals surface area contributed by atoms with Gasteiger partial charge < -0.3 is 10.1 Å². The third kappa shape index (κ3) is 4.96. The van der Waals surface area contributed by atoms with Crippen LogP contribution in [0.3, 0.4) is 0 Å². The quantitative estimate of drug-likeness (QED) is 0.774. The van der Waals surface area contributed by atoms with Crippen molar-refractivity contribution >= 4 is 42.6 Å². The lowest BCUT2D eigenvalue weighted by Crippen LogP contribution is -2.50. The summed E-state index contributed by atoms with van der Waals surface area (Å²) in [4.78, 5) is 12.1. The monoisotopic (exact) mass is 440 g/mol. The van der Waals surface area contributed by atoms with Crippen LogP contribution >= 0.6 is 15.9 Å². The normalized spacial score (nSPS) is 18.6. The molecule has 0 aliphatic carbocycles. The van der Waals surface area contributed by atoms with E-state index in [-0.39, 0.29) is 18.6 Å². The molecule has 0 radical (unpaired) electrons. The minimum absolute atomic E-state index is 0.0998. The SMILES string of the molecule is CS(=O)(=O)N1CCCC(NC(=O)COc2ccc3cc(Br)ccc3c2)C1. The Morgan fingerprint density at radius 3 is 2.77 bits per heavy atom. The fourth-order valence-corrected chi connectivity index (χ4v) is 4.35. The van der Waals surface area contributed by atoms with Crippen molar-refractivity contribution in [3.8, 4) is 5.75 Å². The van der Waals surface area contributed by atoms with Gasteiger partial charge in [-0.05, 0) is 47.9 Å². The maximum atomic E-state index is 12.1. The first-order valence-electron chi connectivity index (χ1n) is 8.38. The van der Waals surface area contributed by atoms with Gasteiger partial charge in [0, 0.05) is 23.6 Å². The van der Waals surface area contributed by atoms with E-state index >= 15 is 0 Å². The number of nitrogens with zero attached hydrogens (tertiary/aromatic N) is 1. The lowest BCUT2D eigenvalue weighted by atomic mass is 10.1. The molecule has 1 aliphatic rings. The summed E-state index contributed by atoms with van der Waals surface area (Å²) in [6, 6.07) is 11.4. The Kier molecular flexibility index (Phi) is 5.84. The number of benzene rings is 2. The van der Waals surface area contributed by atoms with Crippen LogP contribution in [0.1, 0.15) is 12.8 Å². The molecule has 0 saturated carbocycles. The molecule has 1 aliphatic heterocycles. The van der Waals surface area contributed by atoms with E-state index in [2.05, 4.69) is 21.2 Å². The largest absolute Gasteiger partial charge is 0.484 e. The van der Waals surface area contributed by atoms with Crippen LogP contribution in [0.15, 0.2) is 40.9 Å². The van der Waals surface area contributed by atoms with Gasteiger partial charge in [0.1, 0.15) is 5.75 Å². The van der Waals surface area contributed by atoms with Crippen LogP contribution in [0, 0.1) is 0 Å². The molecule has 0 bridgehead atoms. The second-order valence-electron chi connectivity index (χ2n) is 6.47. The molecule has 1 fully saturated rings. The van der Waals surface area contributed by atoms with Crippen LogP contribution in [-0.2, 0) is 14.8 Å². The van der Waals surface area contributed by atoms with Crippen molar-refractivity contribution in [1.82, 2.24) is 9.62 Å². The maximum Gasteiger partial charge on any atom is 0.258 e. The molecular weight excluding hydrogens is 420 g/mol. The van der Waals surface area contributed by atoms with Gasteiger partial charge in [-0.3, -0.25) is 4.79 Å². The van der Waals surface area contributed by atoms with Gasteiger partial charge in [-0.15, -0.1) is 0 Å². The standard InChI is InChI=1S/C18H21BrN2O4S/c1-26(23,24)21-8-2-3-16(11-21)20-18(22)12-25-17-7-5-13-9-15(19)6-4-14(13)10-17/h4-7,9-10,16H,2-3,8,11-12H2,1H3,(H,20,22). The van der Waals surface area contributed by atoms with Crippen LogP contribution in [0.2, 0.25) is 0 Å². The highest BCUT2D eigenvalue weighted by atomic mass is 79.9. The van der Waals surface area contributed by atoms with Crippen molar-refractivity contribution in [1.29, 1.82) is 0 Å². The predicted molar refractivity (Wildman–Crippen MR) is 105 cm³/mol. The van der Waals surface area contributed by atoms with Crippen LogP contribution in [0.5, 0.6) is 5.75 Å². The topological polar surface area (TPSA) is 75.7 Å². The van der Waals surface area contributed by atoms with Gasteiger partial charge in [0.2, 0.25) is 10.0 Å². The van der Waals surface area contributed by atoms with Crippen LogP contribution in [-0.4, -0.2) is 50.6 Å². The highest BCUT2D eigenvalue weighted by molar-refractivity contribution is 9.10. The van der Waals surface area contributed by atoms with Gasteiger partial charge >= 0.3 is 0 Å². The Morgan fingerprint density at radius 1 is 1.27 bits per heavy atom. The first-order chi connectivity index (χ1) is 12.3. The van der Waals surface area contributed by atoms with E-state index in [1.54, 1.807) is 0 Å². The number of ether oxygens (including phenoxy) is 1. The number of hydrogen-bond donors (Lipinski definition) is 1. The van der Waals surface area contributed by atoms with Gasteiger partial charge in [-0.2, -0.15) is 0 Å². The molecule has 3 rings (SSSR count). The van der Waals surface area contributed by atoms with Crippen molar-refractivity contribution in [3.63, 3.8) is 0 Å². The number of nitrogens with one attached hydrogen (secondary N) is 1. The molecule has 8 heteroatoms. The van der Waals surface area contributed by atoms with Gasteiger partial charge in [0.15, 0.2) is 6.61 Å². The number of hydrogen-bond acceptors (Lipinski definition) is 4. The van der Waals surface area contributed by atoms with E-state index in [4.69, 9.17) is 4.74 Å². The Bertz CT molecular complexity index is 917. The second-order valence-corrected chi connectivity index (χ2v) is 9.37. The number of carbonyl (C=O) groups excluding carboxylic acids is 1. The number of sulfonamides is 1. The first-order valence-corrected chi connectivity index (χ1v) is 11.0. The zero-order valence-corrected chi connectivity index (χ0v) is 16.8. The number of carbonyl (C=O) groups is 1. The molecule has 1 N–H and O–H groups in total. The molecule has 2 aromatic carbocycles. The Balaban J connectivity index is 1.55. The Hall–Kier alpha value is -1.64. The van der Waals surface area contributed by atoms with E-state index < -0.39 is 10.0 Å². The van der Waals surface area contributed by atoms with Crippen molar-refractivity contribution in [2.75, 3.05) is 26.0 Å². The van der Waals surface area contributed by atoms with E-state index in [9.17, 15) is 13.2 Å². The molecule has 1 amide bonds. The number of piperidine rings is 1. The molecule has 1 atom stereocenters. The van der Waals surface area contributed by atoms with Crippen LogP contribution in [0.4, 0.5) is 0 Å². The molecule has 0 aromatic heterocycles. The molecule has 1 unspecified atom stereocenters. The van der Waals surface area contributed by atoms with E-state index in [1.165, 1.54) is 10.6 Å². The lowest BCUT2D eigenvalue weighted by molar-refractivity contribution is -0.124. The lowest BCUT2D eigenvalue weighted by Gasteiger charge is -2.31. The molecule has 6 nitrogen and oxygen atoms in total. The van der Waals surface area contributed by atoms with Crippen molar-refractivity contribution in [2.24, 2.45) is 0 Å². The van der Waals surface area contributed by atoms with Gasteiger partial charge in [0.25, 0.3) is 5.91 Å². The fourth-order valence-electron chi connectivity index (χ4n) is 3.06. The molecule has 26 heavy (non-hydrogen) atoms.